The van der Waals surface area contributed by atoms with Gasteiger partial charge >= 0.3 is 17.6 Å². The summed E-state index contributed by atoms with van der Waals surface area (Å²) in [4.78, 5) is 61.6. The summed E-state index contributed by atoms with van der Waals surface area (Å²) >= 11 is 0. The van der Waals surface area contributed by atoms with Gasteiger partial charge in [-0.1, -0.05) is 23.6 Å². The number of terminal acetylenes is 1. The first-order valence-corrected chi connectivity index (χ1v) is 10.0. The molecule has 0 saturated carbocycles. The molecule has 3 rings (SSSR count). The van der Waals surface area contributed by atoms with Crippen molar-refractivity contribution in [3.8, 4) is 12.3 Å². The standard InChI is InChI=1S/C23H22N2O8/c1-5-16-11-24(20-10-18(32-15(4)27)19(33-20)12-31-14(3)26)23(30)25(21(16)28)22(29)17-8-6-13(2)7-9-17/h1,6-9,11,18-20H,10,12H2,2-4H3/t18-,19+,20+/m0/s1. The number of hydrogen-bond acceptors (Lipinski definition) is 8. The number of aryl methyl sites for hydroxylation is 1. The van der Waals surface area contributed by atoms with Crippen LogP contribution in [0.25, 0.3) is 0 Å². The second-order valence-electron chi connectivity index (χ2n) is 7.50. The zero-order valence-electron chi connectivity index (χ0n) is 18.3. The van der Waals surface area contributed by atoms with Gasteiger partial charge in [0, 0.05) is 32.0 Å². The van der Waals surface area contributed by atoms with Crippen LogP contribution in [0.2, 0.25) is 0 Å². The molecule has 0 amide bonds. The fourth-order valence-electron chi connectivity index (χ4n) is 3.44. The van der Waals surface area contributed by atoms with Crippen molar-refractivity contribution < 1.29 is 28.6 Å². The first kappa shape index (κ1) is 23.7. The Morgan fingerprint density at radius 1 is 1.15 bits per heavy atom. The topological polar surface area (TPSA) is 123 Å². The van der Waals surface area contributed by atoms with Gasteiger partial charge in [0.05, 0.1) is 0 Å². The molecule has 1 saturated heterocycles. The van der Waals surface area contributed by atoms with Crippen molar-refractivity contribution in [2.45, 2.75) is 45.6 Å². The fourth-order valence-corrected chi connectivity index (χ4v) is 3.44. The summed E-state index contributed by atoms with van der Waals surface area (Å²) in [5.41, 5.74) is -1.12. The van der Waals surface area contributed by atoms with Crippen molar-refractivity contribution >= 4 is 17.8 Å². The van der Waals surface area contributed by atoms with E-state index in [0.717, 1.165) is 16.3 Å². The summed E-state index contributed by atoms with van der Waals surface area (Å²) in [6, 6.07) is 6.33. The maximum Gasteiger partial charge on any atom is 0.340 e. The molecule has 0 spiro atoms. The first-order valence-electron chi connectivity index (χ1n) is 10.0. The Labute approximate surface area is 188 Å². The van der Waals surface area contributed by atoms with Crippen LogP contribution in [0.4, 0.5) is 0 Å². The van der Waals surface area contributed by atoms with Gasteiger partial charge in [-0.05, 0) is 19.1 Å². The lowest BCUT2D eigenvalue weighted by atomic mass is 10.1. The Morgan fingerprint density at radius 3 is 2.39 bits per heavy atom. The van der Waals surface area contributed by atoms with Gasteiger partial charge in [0.15, 0.2) is 0 Å². The summed E-state index contributed by atoms with van der Waals surface area (Å²) in [7, 11) is 0. The summed E-state index contributed by atoms with van der Waals surface area (Å²) < 4.78 is 17.5. The average molecular weight is 454 g/mol. The van der Waals surface area contributed by atoms with E-state index in [4.69, 9.17) is 20.6 Å². The lowest BCUT2D eigenvalue weighted by Crippen LogP contribution is -2.45. The number of carbonyl (C=O) groups excluding carboxylic acids is 3. The Balaban J connectivity index is 2.04. The molecule has 2 heterocycles. The quantitative estimate of drug-likeness (QED) is 0.480. The highest BCUT2D eigenvalue weighted by Crippen LogP contribution is 2.30. The van der Waals surface area contributed by atoms with Crippen LogP contribution in [-0.4, -0.2) is 45.8 Å². The molecule has 1 aromatic heterocycles. The van der Waals surface area contributed by atoms with E-state index in [1.165, 1.54) is 26.0 Å². The summed E-state index contributed by atoms with van der Waals surface area (Å²) in [5, 5.41) is 0. The van der Waals surface area contributed by atoms with Crippen LogP contribution >= 0.6 is 0 Å². The number of ether oxygens (including phenoxy) is 3. The summed E-state index contributed by atoms with van der Waals surface area (Å²) in [6.07, 6.45) is 3.83. The molecular formula is C23H22N2O8. The number of rotatable bonds is 5. The van der Waals surface area contributed by atoms with E-state index in [-0.39, 0.29) is 24.2 Å². The highest BCUT2D eigenvalue weighted by molar-refractivity contribution is 5.95. The van der Waals surface area contributed by atoms with Gasteiger partial charge in [0.1, 0.15) is 30.6 Å². The van der Waals surface area contributed by atoms with Gasteiger partial charge < -0.3 is 14.2 Å². The van der Waals surface area contributed by atoms with Crippen LogP contribution in [0.3, 0.4) is 0 Å². The lowest BCUT2D eigenvalue weighted by molar-refractivity contribution is -0.155. The SMILES string of the molecule is C#Cc1cn([C@H]2C[C@H](OC(C)=O)[C@@H](COC(C)=O)O2)c(=O)n(C(=O)c2ccc(C)cc2)c1=O. The number of carbonyl (C=O) groups is 3. The highest BCUT2D eigenvalue weighted by atomic mass is 16.6. The Morgan fingerprint density at radius 2 is 1.82 bits per heavy atom. The molecular weight excluding hydrogens is 432 g/mol. The molecule has 0 aliphatic carbocycles. The largest absolute Gasteiger partial charge is 0.463 e. The minimum atomic E-state index is -1.04. The molecule has 3 atom stereocenters. The van der Waals surface area contributed by atoms with E-state index < -0.39 is 47.5 Å². The molecule has 10 heteroatoms. The third-order valence-corrected chi connectivity index (χ3v) is 5.03. The summed E-state index contributed by atoms with van der Waals surface area (Å²) in [5.74, 6) is 0.184. The van der Waals surface area contributed by atoms with Gasteiger partial charge in [-0.15, -0.1) is 6.42 Å². The monoisotopic (exact) mass is 454 g/mol. The second kappa shape index (κ2) is 9.67. The molecule has 0 bridgehead atoms. The van der Waals surface area contributed by atoms with E-state index in [9.17, 15) is 24.0 Å². The van der Waals surface area contributed by atoms with E-state index >= 15 is 0 Å². The van der Waals surface area contributed by atoms with Crippen molar-refractivity contribution in [3.05, 3.63) is 68.0 Å². The second-order valence-corrected chi connectivity index (χ2v) is 7.50. The smallest absolute Gasteiger partial charge is 0.340 e. The van der Waals surface area contributed by atoms with Gasteiger partial charge in [-0.3, -0.25) is 23.7 Å². The van der Waals surface area contributed by atoms with Crippen LogP contribution in [0.15, 0.2) is 40.1 Å². The van der Waals surface area contributed by atoms with Gasteiger partial charge in [-0.2, -0.15) is 4.57 Å². The molecule has 33 heavy (non-hydrogen) atoms. The Kier molecular flexibility index (Phi) is 6.94. The molecule has 172 valence electrons. The number of nitrogens with zero attached hydrogens (tertiary/aromatic N) is 2. The molecule has 10 nitrogen and oxygen atoms in total. The summed E-state index contributed by atoms with van der Waals surface area (Å²) in [6.45, 7) is 4.03. The normalized spacial score (nSPS) is 19.5. The number of esters is 2. The Hall–Kier alpha value is -3.97. The maximum absolute atomic E-state index is 13.2. The van der Waals surface area contributed by atoms with E-state index in [1.807, 2.05) is 6.92 Å². The molecule has 1 aliphatic rings. The lowest BCUT2D eigenvalue weighted by Gasteiger charge is -2.18. The molecule has 2 aromatic rings. The van der Waals surface area contributed by atoms with Crippen molar-refractivity contribution in [1.29, 1.82) is 0 Å². The van der Waals surface area contributed by atoms with E-state index in [0.29, 0.717) is 4.57 Å². The predicted octanol–water partition coefficient (Wildman–Crippen LogP) is 0.771. The molecule has 1 fully saturated rings. The van der Waals surface area contributed by atoms with Crippen LogP contribution in [-0.2, 0) is 23.8 Å². The van der Waals surface area contributed by atoms with Gasteiger partial charge in [0.2, 0.25) is 0 Å². The van der Waals surface area contributed by atoms with Crippen molar-refractivity contribution in [2.24, 2.45) is 0 Å². The maximum atomic E-state index is 13.2. The van der Waals surface area contributed by atoms with Crippen LogP contribution < -0.4 is 11.2 Å². The van der Waals surface area contributed by atoms with Crippen LogP contribution in [0.5, 0.6) is 0 Å². The molecule has 0 radical (unpaired) electrons. The minimum Gasteiger partial charge on any atom is -0.463 e. The minimum absolute atomic E-state index is 0.00631. The molecule has 1 aromatic carbocycles. The molecule has 0 N–H and O–H groups in total. The van der Waals surface area contributed by atoms with Crippen LogP contribution in [0.1, 0.15) is 48.0 Å². The van der Waals surface area contributed by atoms with Gasteiger partial charge in [0.25, 0.3) is 11.5 Å². The predicted molar refractivity (Wildman–Crippen MR) is 115 cm³/mol. The molecule has 1 aliphatic heterocycles. The van der Waals surface area contributed by atoms with Gasteiger partial charge in [-0.25, -0.2) is 4.79 Å². The third-order valence-electron chi connectivity index (χ3n) is 5.03. The Bertz CT molecular complexity index is 1250. The van der Waals surface area contributed by atoms with Crippen molar-refractivity contribution in [3.63, 3.8) is 0 Å². The van der Waals surface area contributed by atoms with E-state index in [1.54, 1.807) is 12.1 Å². The number of benzene rings is 1. The third kappa shape index (κ3) is 5.10. The number of hydrogen-bond donors (Lipinski definition) is 0. The van der Waals surface area contributed by atoms with Crippen molar-refractivity contribution in [2.75, 3.05) is 6.61 Å². The van der Waals surface area contributed by atoms with Crippen LogP contribution in [0, 0.1) is 19.3 Å². The molecule has 0 unspecified atom stereocenters. The van der Waals surface area contributed by atoms with E-state index in [2.05, 4.69) is 5.92 Å². The zero-order valence-corrected chi connectivity index (χ0v) is 18.3. The number of aromatic nitrogens is 2. The first-order chi connectivity index (χ1) is 15.6. The van der Waals surface area contributed by atoms with Crippen molar-refractivity contribution in [1.82, 2.24) is 9.13 Å². The average Bonchev–Trinajstić information content (AvgIpc) is 3.14. The zero-order chi connectivity index (χ0) is 24.3. The highest BCUT2D eigenvalue weighted by Gasteiger charge is 2.40. The fraction of sp³-hybridized carbons (Fsp3) is 0.348.